The molecular weight excluding hydrogens is 385 g/mol. The molecule has 4 rings (SSSR count). The van der Waals surface area contributed by atoms with Crippen LogP contribution in [0.15, 0.2) is 24.4 Å². The summed E-state index contributed by atoms with van der Waals surface area (Å²) in [6.07, 6.45) is -1.58. The lowest BCUT2D eigenvalue weighted by molar-refractivity contribution is -0.137. The average molecular weight is 404 g/mol. The zero-order valence-corrected chi connectivity index (χ0v) is 15.8. The van der Waals surface area contributed by atoms with E-state index in [1.165, 1.54) is 6.92 Å². The van der Waals surface area contributed by atoms with Crippen LogP contribution in [-0.4, -0.2) is 32.3 Å². The number of pyridine rings is 1. The topological polar surface area (TPSA) is 80.0 Å². The molecule has 0 radical (unpaired) electrons. The Balaban J connectivity index is 1.77. The smallest absolute Gasteiger partial charge is 0.416 e. The van der Waals surface area contributed by atoms with Gasteiger partial charge in [-0.25, -0.2) is 4.98 Å². The number of amides is 1. The maximum Gasteiger partial charge on any atom is 0.416 e. The number of hydrogen-bond acceptors (Lipinski definition) is 4. The van der Waals surface area contributed by atoms with Crippen molar-refractivity contribution in [2.45, 2.75) is 38.9 Å². The first-order valence-electron chi connectivity index (χ1n) is 9.18. The number of phenolic OH excluding ortho intramolecular Hbond substituents is 1. The minimum Gasteiger partial charge on any atom is -0.507 e. The number of halogens is 3. The molecule has 0 unspecified atom stereocenters. The van der Waals surface area contributed by atoms with Crippen molar-refractivity contribution in [3.05, 3.63) is 41.1 Å². The molecule has 152 valence electrons. The number of carbonyl (C=O) groups excluding carboxylic acids is 1. The van der Waals surface area contributed by atoms with Crippen LogP contribution in [0.3, 0.4) is 0 Å². The second kappa shape index (κ2) is 6.75. The Morgan fingerprint density at radius 2 is 1.97 bits per heavy atom. The zero-order chi connectivity index (χ0) is 20.9. The second-order valence-corrected chi connectivity index (χ2v) is 7.35. The number of aromatic nitrogens is 3. The van der Waals surface area contributed by atoms with Crippen molar-refractivity contribution in [3.8, 4) is 17.0 Å². The number of aromatic hydroxyl groups is 1. The van der Waals surface area contributed by atoms with E-state index < -0.39 is 17.5 Å². The van der Waals surface area contributed by atoms with Crippen molar-refractivity contribution in [2.24, 2.45) is 0 Å². The molecule has 6 nitrogen and oxygen atoms in total. The van der Waals surface area contributed by atoms with Crippen LogP contribution in [0.4, 0.5) is 13.2 Å². The SMILES string of the molecule is Cc1cc(C(F)(F)F)cc(O)c1-c1cc(C)c2cn([C@H]3CCC(=O)NC3)nc2n1. The van der Waals surface area contributed by atoms with Crippen molar-refractivity contribution in [1.29, 1.82) is 0 Å². The molecule has 0 bridgehead atoms. The molecule has 2 aromatic heterocycles. The average Bonchev–Trinajstić information content (AvgIpc) is 3.06. The van der Waals surface area contributed by atoms with Gasteiger partial charge in [0.1, 0.15) is 5.75 Å². The van der Waals surface area contributed by atoms with E-state index >= 15 is 0 Å². The third kappa shape index (κ3) is 3.52. The van der Waals surface area contributed by atoms with Crippen LogP contribution < -0.4 is 5.32 Å². The molecule has 0 saturated carbocycles. The number of nitrogens with zero attached hydrogens (tertiary/aromatic N) is 3. The largest absolute Gasteiger partial charge is 0.507 e. The number of fused-ring (bicyclic) bond motifs is 1. The Bertz CT molecular complexity index is 1090. The van der Waals surface area contributed by atoms with Gasteiger partial charge >= 0.3 is 6.18 Å². The van der Waals surface area contributed by atoms with E-state index in [9.17, 15) is 23.1 Å². The van der Waals surface area contributed by atoms with Crippen LogP contribution in [0.5, 0.6) is 5.75 Å². The standard InChI is InChI=1S/C20H19F3N4O2/c1-10-6-15(18-11(2)5-12(7-16(18)28)20(21,22)23)25-19-14(10)9-27(26-19)13-3-4-17(29)24-8-13/h5-7,9,13,28H,3-4,8H2,1-2H3,(H,24,29)/t13-/m0/s1. The van der Waals surface area contributed by atoms with Gasteiger partial charge in [-0.1, -0.05) is 0 Å². The fourth-order valence-corrected chi connectivity index (χ4v) is 3.70. The number of alkyl halides is 3. The summed E-state index contributed by atoms with van der Waals surface area (Å²) in [5, 5.41) is 18.4. The van der Waals surface area contributed by atoms with Gasteiger partial charge < -0.3 is 10.4 Å². The molecule has 1 atom stereocenters. The summed E-state index contributed by atoms with van der Waals surface area (Å²) in [4.78, 5) is 15.9. The fourth-order valence-electron chi connectivity index (χ4n) is 3.70. The van der Waals surface area contributed by atoms with Crippen LogP contribution in [0.2, 0.25) is 0 Å². The highest BCUT2D eigenvalue weighted by Crippen LogP contribution is 2.39. The van der Waals surface area contributed by atoms with Crippen molar-refractivity contribution in [3.63, 3.8) is 0 Å². The monoisotopic (exact) mass is 404 g/mol. The number of carbonyl (C=O) groups is 1. The third-order valence-corrected chi connectivity index (χ3v) is 5.23. The summed E-state index contributed by atoms with van der Waals surface area (Å²) >= 11 is 0. The summed E-state index contributed by atoms with van der Waals surface area (Å²) in [7, 11) is 0. The molecule has 3 heterocycles. The predicted octanol–water partition coefficient (Wildman–Crippen LogP) is 3.89. The van der Waals surface area contributed by atoms with Gasteiger partial charge in [-0.2, -0.15) is 18.3 Å². The Hall–Kier alpha value is -3.10. The van der Waals surface area contributed by atoms with Crippen molar-refractivity contribution < 1.29 is 23.1 Å². The van der Waals surface area contributed by atoms with Crippen molar-refractivity contribution in [2.75, 3.05) is 6.54 Å². The van der Waals surface area contributed by atoms with E-state index in [0.29, 0.717) is 36.8 Å². The number of benzene rings is 1. The Morgan fingerprint density at radius 3 is 2.59 bits per heavy atom. The third-order valence-electron chi connectivity index (χ3n) is 5.23. The maximum absolute atomic E-state index is 13.0. The molecule has 1 amide bonds. The number of phenols is 1. The number of hydrogen-bond donors (Lipinski definition) is 2. The van der Waals surface area contributed by atoms with E-state index in [1.807, 2.05) is 13.1 Å². The molecule has 1 aliphatic heterocycles. The van der Waals surface area contributed by atoms with Gasteiger partial charge in [-0.15, -0.1) is 0 Å². The Labute approximate surface area is 164 Å². The van der Waals surface area contributed by atoms with Gasteiger partial charge in [0.05, 0.1) is 17.3 Å². The highest BCUT2D eigenvalue weighted by molar-refractivity contribution is 5.83. The molecule has 0 aliphatic carbocycles. The van der Waals surface area contributed by atoms with Crippen LogP contribution in [-0.2, 0) is 11.0 Å². The minimum absolute atomic E-state index is 0.0165. The Kier molecular flexibility index (Phi) is 4.48. The predicted molar refractivity (Wildman–Crippen MR) is 100 cm³/mol. The van der Waals surface area contributed by atoms with Crippen molar-refractivity contribution in [1.82, 2.24) is 20.1 Å². The van der Waals surface area contributed by atoms with Crippen LogP contribution in [0.1, 0.15) is 35.6 Å². The van der Waals surface area contributed by atoms with E-state index in [2.05, 4.69) is 15.4 Å². The lowest BCUT2D eigenvalue weighted by Gasteiger charge is -2.22. The van der Waals surface area contributed by atoms with Gasteiger partial charge in [0.15, 0.2) is 5.65 Å². The highest BCUT2D eigenvalue weighted by Gasteiger charge is 2.32. The van der Waals surface area contributed by atoms with Gasteiger partial charge in [-0.3, -0.25) is 9.48 Å². The fraction of sp³-hybridized carbons (Fsp3) is 0.350. The first-order chi connectivity index (χ1) is 13.6. The number of nitrogens with one attached hydrogen (secondary N) is 1. The lowest BCUT2D eigenvalue weighted by Crippen LogP contribution is -2.36. The van der Waals surface area contributed by atoms with Gasteiger partial charge in [0.2, 0.25) is 5.91 Å². The molecule has 1 saturated heterocycles. The highest BCUT2D eigenvalue weighted by atomic mass is 19.4. The van der Waals surface area contributed by atoms with Crippen LogP contribution in [0.25, 0.3) is 22.3 Å². The minimum atomic E-state index is -4.54. The quantitative estimate of drug-likeness (QED) is 0.679. The Morgan fingerprint density at radius 1 is 1.21 bits per heavy atom. The van der Waals surface area contributed by atoms with Gasteiger partial charge in [0, 0.05) is 30.1 Å². The molecule has 1 aromatic carbocycles. The molecule has 1 aliphatic rings. The summed E-state index contributed by atoms with van der Waals surface area (Å²) < 4.78 is 40.7. The van der Waals surface area contributed by atoms with Gasteiger partial charge in [0.25, 0.3) is 0 Å². The summed E-state index contributed by atoms with van der Waals surface area (Å²) in [6, 6.07) is 3.46. The summed E-state index contributed by atoms with van der Waals surface area (Å²) in [5.41, 5.74) is 1.27. The summed E-state index contributed by atoms with van der Waals surface area (Å²) in [5.74, 6) is -0.458. The number of aryl methyl sites for hydroxylation is 2. The number of piperidine rings is 1. The van der Waals surface area contributed by atoms with Crippen molar-refractivity contribution >= 4 is 16.9 Å². The molecule has 1 fully saturated rings. The summed E-state index contributed by atoms with van der Waals surface area (Å²) in [6.45, 7) is 3.85. The zero-order valence-electron chi connectivity index (χ0n) is 15.8. The first-order valence-corrected chi connectivity index (χ1v) is 9.18. The second-order valence-electron chi connectivity index (χ2n) is 7.35. The van der Waals surface area contributed by atoms with E-state index in [0.717, 1.165) is 17.0 Å². The maximum atomic E-state index is 13.0. The van der Waals surface area contributed by atoms with Gasteiger partial charge in [-0.05, 0) is 49.6 Å². The van der Waals surface area contributed by atoms with E-state index in [1.54, 1.807) is 10.7 Å². The molecule has 2 N–H and O–H groups in total. The van der Waals surface area contributed by atoms with Crippen LogP contribution >= 0.6 is 0 Å². The normalized spacial score (nSPS) is 17.6. The molecule has 0 spiro atoms. The van der Waals surface area contributed by atoms with Crippen LogP contribution in [0, 0.1) is 13.8 Å². The number of rotatable bonds is 2. The first kappa shape index (κ1) is 19.2. The lowest BCUT2D eigenvalue weighted by atomic mass is 9.99. The molecular formula is C20H19F3N4O2. The molecule has 29 heavy (non-hydrogen) atoms. The van der Waals surface area contributed by atoms with E-state index in [4.69, 9.17) is 0 Å². The molecule has 9 heteroatoms. The van der Waals surface area contributed by atoms with E-state index in [-0.39, 0.29) is 23.1 Å². The molecule has 3 aromatic rings.